The van der Waals surface area contributed by atoms with Crippen molar-refractivity contribution in [2.24, 2.45) is 0 Å². The molecule has 0 spiro atoms. The first-order valence-electron chi connectivity index (χ1n) is 6.61. The molecule has 0 radical (unpaired) electrons. The highest BCUT2D eigenvalue weighted by atomic mass is 16.4. The number of carbonyl (C=O) groups excluding carboxylic acids is 2. The van der Waals surface area contributed by atoms with E-state index in [4.69, 9.17) is 5.11 Å². The Balaban J connectivity index is 2.07. The summed E-state index contributed by atoms with van der Waals surface area (Å²) < 4.78 is 1.65. The lowest BCUT2D eigenvalue weighted by Gasteiger charge is -2.34. The third-order valence-electron chi connectivity index (χ3n) is 3.17. The zero-order valence-electron chi connectivity index (χ0n) is 11.6. The molecular weight excluding hydrogens is 278 g/mol. The monoisotopic (exact) mass is 295 g/mol. The fraction of sp³-hybridized carbons (Fsp3) is 0.500. The Kier molecular flexibility index (Phi) is 4.41. The van der Waals surface area contributed by atoms with Crippen molar-refractivity contribution in [1.29, 1.82) is 0 Å². The molecule has 21 heavy (non-hydrogen) atoms. The number of piperazine rings is 1. The maximum Gasteiger partial charge on any atom is 0.322 e. The first-order valence-corrected chi connectivity index (χ1v) is 6.61. The summed E-state index contributed by atoms with van der Waals surface area (Å²) >= 11 is 0. The third kappa shape index (κ3) is 3.50. The minimum Gasteiger partial charge on any atom is -0.481 e. The SMILES string of the molecule is CCn1cc(NC(=O)N2CCNC(=O)C2CC(=O)O)cn1. The fourth-order valence-corrected chi connectivity index (χ4v) is 2.12. The average molecular weight is 295 g/mol. The number of aliphatic carboxylic acids is 1. The van der Waals surface area contributed by atoms with E-state index in [2.05, 4.69) is 15.7 Å². The lowest BCUT2D eigenvalue weighted by atomic mass is 10.1. The number of hydrogen-bond acceptors (Lipinski definition) is 4. The number of hydrogen-bond donors (Lipinski definition) is 3. The molecule has 1 aliphatic heterocycles. The highest BCUT2D eigenvalue weighted by Gasteiger charge is 2.34. The molecule has 1 aromatic rings. The van der Waals surface area contributed by atoms with Gasteiger partial charge < -0.3 is 20.6 Å². The first-order chi connectivity index (χ1) is 10.0. The maximum absolute atomic E-state index is 12.2. The highest BCUT2D eigenvalue weighted by Crippen LogP contribution is 2.13. The lowest BCUT2D eigenvalue weighted by Crippen LogP contribution is -2.58. The van der Waals surface area contributed by atoms with Crippen LogP contribution in [0.1, 0.15) is 13.3 Å². The number of amides is 3. The van der Waals surface area contributed by atoms with Crippen molar-refractivity contribution in [2.45, 2.75) is 25.9 Å². The number of nitrogens with one attached hydrogen (secondary N) is 2. The number of carboxylic acid groups (broad SMARTS) is 1. The molecule has 0 aromatic carbocycles. The number of aromatic nitrogens is 2. The summed E-state index contributed by atoms with van der Waals surface area (Å²) in [5, 5.41) is 18.1. The summed E-state index contributed by atoms with van der Waals surface area (Å²) in [6, 6.07) is -1.51. The molecule has 0 aliphatic carbocycles. The molecule has 3 N–H and O–H groups in total. The Labute approximate surface area is 120 Å². The van der Waals surface area contributed by atoms with Gasteiger partial charge in [-0.05, 0) is 6.92 Å². The van der Waals surface area contributed by atoms with E-state index < -0.39 is 30.4 Å². The minimum atomic E-state index is -1.13. The van der Waals surface area contributed by atoms with Crippen LogP contribution in [0.15, 0.2) is 12.4 Å². The van der Waals surface area contributed by atoms with Crippen LogP contribution >= 0.6 is 0 Å². The molecule has 0 bridgehead atoms. The van der Waals surface area contributed by atoms with E-state index in [1.54, 1.807) is 10.9 Å². The van der Waals surface area contributed by atoms with Crippen LogP contribution in [0.3, 0.4) is 0 Å². The van der Waals surface area contributed by atoms with Gasteiger partial charge >= 0.3 is 12.0 Å². The molecule has 2 heterocycles. The molecule has 9 nitrogen and oxygen atoms in total. The predicted octanol–water partition coefficient (Wildman–Crippen LogP) is -0.290. The van der Waals surface area contributed by atoms with Gasteiger partial charge in [0, 0.05) is 25.8 Å². The maximum atomic E-state index is 12.2. The second-order valence-corrected chi connectivity index (χ2v) is 4.61. The molecule has 2 rings (SSSR count). The normalized spacial score (nSPS) is 18.2. The zero-order chi connectivity index (χ0) is 15.4. The van der Waals surface area contributed by atoms with E-state index in [1.165, 1.54) is 11.1 Å². The number of nitrogens with zero attached hydrogens (tertiary/aromatic N) is 3. The van der Waals surface area contributed by atoms with Crippen molar-refractivity contribution in [3.8, 4) is 0 Å². The molecular formula is C12H17N5O4. The molecule has 0 saturated carbocycles. The van der Waals surface area contributed by atoms with Gasteiger partial charge in [-0.2, -0.15) is 5.10 Å². The number of urea groups is 1. The molecule has 1 atom stereocenters. The summed E-state index contributed by atoms with van der Waals surface area (Å²) in [5.74, 6) is -1.59. The smallest absolute Gasteiger partial charge is 0.322 e. The van der Waals surface area contributed by atoms with Gasteiger partial charge in [0.25, 0.3) is 0 Å². The van der Waals surface area contributed by atoms with Crippen LogP contribution in [0, 0.1) is 0 Å². The number of aryl methyl sites for hydroxylation is 1. The number of carbonyl (C=O) groups is 3. The van der Waals surface area contributed by atoms with Crippen LogP contribution in [0.5, 0.6) is 0 Å². The van der Waals surface area contributed by atoms with Crippen molar-refractivity contribution in [3.05, 3.63) is 12.4 Å². The second-order valence-electron chi connectivity index (χ2n) is 4.61. The van der Waals surface area contributed by atoms with Crippen LogP contribution < -0.4 is 10.6 Å². The summed E-state index contributed by atoms with van der Waals surface area (Å²) in [5.41, 5.74) is 0.502. The van der Waals surface area contributed by atoms with Gasteiger partial charge in [0.15, 0.2) is 0 Å². The molecule has 1 aromatic heterocycles. The van der Waals surface area contributed by atoms with E-state index in [1.807, 2.05) is 6.92 Å². The summed E-state index contributed by atoms with van der Waals surface area (Å²) in [4.78, 5) is 36.0. The van der Waals surface area contributed by atoms with Crippen molar-refractivity contribution in [1.82, 2.24) is 20.0 Å². The van der Waals surface area contributed by atoms with Crippen LogP contribution in [0.4, 0.5) is 10.5 Å². The molecule has 9 heteroatoms. The van der Waals surface area contributed by atoms with Gasteiger partial charge in [-0.1, -0.05) is 0 Å². The Hall–Kier alpha value is -2.58. The van der Waals surface area contributed by atoms with Crippen molar-refractivity contribution < 1.29 is 19.5 Å². The second kappa shape index (κ2) is 6.25. The first kappa shape index (κ1) is 14.8. The third-order valence-corrected chi connectivity index (χ3v) is 3.17. The van der Waals surface area contributed by atoms with Gasteiger partial charge in [0.05, 0.1) is 18.3 Å². The van der Waals surface area contributed by atoms with E-state index >= 15 is 0 Å². The van der Waals surface area contributed by atoms with Gasteiger partial charge in [0.1, 0.15) is 6.04 Å². The number of carboxylic acids is 1. The predicted molar refractivity (Wildman–Crippen MR) is 72.7 cm³/mol. The summed E-state index contributed by atoms with van der Waals surface area (Å²) in [7, 11) is 0. The molecule has 1 fully saturated rings. The highest BCUT2D eigenvalue weighted by molar-refractivity contribution is 5.95. The Morgan fingerprint density at radius 3 is 2.95 bits per heavy atom. The van der Waals surface area contributed by atoms with Gasteiger partial charge in [-0.3, -0.25) is 14.3 Å². The van der Waals surface area contributed by atoms with Crippen LogP contribution in [0.25, 0.3) is 0 Å². The van der Waals surface area contributed by atoms with Gasteiger partial charge in [0.2, 0.25) is 5.91 Å². The number of rotatable bonds is 4. The van der Waals surface area contributed by atoms with Crippen LogP contribution in [0.2, 0.25) is 0 Å². The minimum absolute atomic E-state index is 0.261. The van der Waals surface area contributed by atoms with Crippen molar-refractivity contribution in [3.63, 3.8) is 0 Å². The Bertz CT molecular complexity index is 556. The Morgan fingerprint density at radius 2 is 2.33 bits per heavy atom. The average Bonchev–Trinajstić information content (AvgIpc) is 2.88. The molecule has 1 saturated heterocycles. The van der Waals surface area contributed by atoms with Crippen LogP contribution in [-0.4, -0.2) is 56.8 Å². The molecule has 114 valence electrons. The van der Waals surface area contributed by atoms with Crippen molar-refractivity contribution in [2.75, 3.05) is 18.4 Å². The summed E-state index contributed by atoms with van der Waals surface area (Å²) in [6.07, 6.45) is 2.74. The zero-order valence-corrected chi connectivity index (χ0v) is 11.6. The topological polar surface area (TPSA) is 117 Å². The fourth-order valence-electron chi connectivity index (χ4n) is 2.12. The van der Waals surface area contributed by atoms with E-state index in [9.17, 15) is 14.4 Å². The number of anilines is 1. The van der Waals surface area contributed by atoms with Crippen molar-refractivity contribution >= 4 is 23.6 Å². The largest absolute Gasteiger partial charge is 0.481 e. The quantitative estimate of drug-likeness (QED) is 0.705. The molecule has 3 amide bonds. The lowest BCUT2D eigenvalue weighted by molar-refractivity contribution is -0.142. The van der Waals surface area contributed by atoms with Crippen LogP contribution in [-0.2, 0) is 16.1 Å². The summed E-state index contributed by atoms with van der Waals surface area (Å²) in [6.45, 7) is 3.15. The molecule has 1 aliphatic rings. The molecule has 1 unspecified atom stereocenters. The standard InChI is InChI=1S/C12H17N5O4/c1-2-16-7-8(6-14-16)15-12(21)17-4-3-13-11(20)9(17)5-10(18)19/h6-7,9H,2-5H2,1H3,(H,13,20)(H,15,21)(H,18,19). The Morgan fingerprint density at radius 1 is 1.57 bits per heavy atom. The van der Waals surface area contributed by atoms with E-state index in [0.717, 1.165) is 0 Å². The van der Waals surface area contributed by atoms with E-state index in [-0.39, 0.29) is 6.54 Å². The van der Waals surface area contributed by atoms with E-state index in [0.29, 0.717) is 18.8 Å². The van der Waals surface area contributed by atoms with Gasteiger partial charge in [-0.25, -0.2) is 4.79 Å². The van der Waals surface area contributed by atoms with Gasteiger partial charge in [-0.15, -0.1) is 0 Å².